The van der Waals surface area contributed by atoms with Gasteiger partial charge in [-0.05, 0) is 32.2 Å². The van der Waals surface area contributed by atoms with Crippen molar-refractivity contribution in [1.29, 1.82) is 0 Å². The number of nitrogens with zero attached hydrogens (tertiary/aromatic N) is 2. The van der Waals surface area contributed by atoms with Crippen LogP contribution in [-0.2, 0) is 0 Å². The number of hydrogen-bond donors (Lipinski definition) is 0. The Bertz CT molecular complexity index is 211. The van der Waals surface area contributed by atoms with Crippen molar-refractivity contribution in [3.63, 3.8) is 0 Å². The van der Waals surface area contributed by atoms with Crippen LogP contribution in [0.3, 0.4) is 0 Å². The molecule has 0 N–H and O–H groups in total. The van der Waals surface area contributed by atoms with E-state index in [2.05, 4.69) is 30.7 Å². The maximum Gasteiger partial charge on any atom is 0.0213 e. The molecule has 2 rings (SSSR count). The lowest BCUT2D eigenvalue weighted by atomic mass is 9.85. The molecule has 0 spiro atoms. The largest absolute Gasteiger partial charge is 0.304 e. The first-order chi connectivity index (χ1) is 7.62. The standard InChI is InChI=1S/C14H28N2/c1-13(2)12-14(6-4-5-7-14)16-10-8-15(3)9-11-16/h13H,4-12H2,1-3H3. The second-order valence-corrected chi connectivity index (χ2v) is 6.32. The van der Waals surface area contributed by atoms with Gasteiger partial charge in [0, 0.05) is 31.7 Å². The van der Waals surface area contributed by atoms with E-state index >= 15 is 0 Å². The minimum absolute atomic E-state index is 0.579. The summed E-state index contributed by atoms with van der Waals surface area (Å²) in [6.07, 6.45) is 7.23. The van der Waals surface area contributed by atoms with E-state index in [0.29, 0.717) is 5.54 Å². The van der Waals surface area contributed by atoms with Crippen LogP contribution in [-0.4, -0.2) is 48.6 Å². The predicted molar refractivity (Wildman–Crippen MR) is 69.7 cm³/mol. The van der Waals surface area contributed by atoms with E-state index in [1.54, 1.807) is 0 Å². The molecule has 0 aromatic heterocycles. The summed E-state index contributed by atoms with van der Waals surface area (Å²) in [4.78, 5) is 5.29. The summed E-state index contributed by atoms with van der Waals surface area (Å²) in [6.45, 7) is 9.89. The number of piperazine rings is 1. The van der Waals surface area contributed by atoms with E-state index in [0.717, 1.165) is 5.92 Å². The minimum atomic E-state index is 0.579. The summed E-state index contributed by atoms with van der Waals surface area (Å²) in [5, 5.41) is 0. The molecular formula is C14H28N2. The van der Waals surface area contributed by atoms with Gasteiger partial charge >= 0.3 is 0 Å². The smallest absolute Gasteiger partial charge is 0.0213 e. The van der Waals surface area contributed by atoms with Gasteiger partial charge in [0.15, 0.2) is 0 Å². The van der Waals surface area contributed by atoms with Crippen LogP contribution in [0.25, 0.3) is 0 Å². The maximum atomic E-state index is 2.82. The van der Waals surface area contributed by atoms with Gasteiger partial charge in [0.2, 0.25) is 0 Å². The Morgan fingerprint density at radius 1 is 1.00 bits per heavy atom. The SMILES string of the molecule is CC(C)CC1(N2CCN(C)CC2)CCCC1. The van der Waals surface area contributed by atoms with Crippen molar-refractivity contribution < 1.29 is 0 Å². The fourth-order valence-electron chi connectivity index (χ4n) is 3.72. The average Bonchev–Trinajstić information content (AvgIpc) is 2.67. The molecule has 1 saturated carbocycles. The third kappa shape index (κ3) is 2.60. The number of rotatable bonds is 3. The third-order valence-corrected chi connectivity index (χ3v) is 4.50. The molecule has 0 bridgehead atoms. The first kappa shape index (κ1) is 12.4. The Hall–Kier alpha value is -0.0800. The van der Waals surface area contributed by atoms with Gasteiger partial charge in [-0.15, -0.1) is 0 Å². The summed E-state index contributed by atoms with van der Waals surface area (Å²) in [7, 11) is 2.25. The highest BCUT2D eigenvalue weighted by molar-refractivity contribution is 4.96. The zero-order chi connectivity index (χ0) is 11.6. The Balaban J connectivity index is 2.01. The molecule has 2 nitrogen and oxygen atoms in total. The molecule has 2 fully saturated rings. The van der Waals surface area contributed by atoms with Crippen LogP contribution in [0.2, 0.25) is 0 Å². The van der Waals surface area contributed by atoms with E-state index in [1.165, 1.54) is 58.3 Å². The van der Waals surface area contributed by atoms with E-state index < -0.39 is 0 Å². The quantitative estimate of drug-likeness (QED) is 0.727. The Kier molecular flexibility index (Phi) is 3.91. The van der Waals surface area contributed by atoms with Gasteiger partial charge in [-0.3, -0.25) is 4.90 Å². The molecule has 1 heterocycles. The van der Waals surface area contributed by atoms with Crippen molar-refractivity contribution in [2.45, 2.75) is 51.5 Å². The van der Waals surface area contributed by atoms with E-state index in [4.69, 9.17) is 0 Å². The van der Waals surface area contributed by atoms with Crippen LogP contribution in [0, 0.1) is 5.92 Å². The Labute approximate surface area is 101 Å². The molecule has 0 radical (unpaired) electrons. The second kappa shape index (κ2) is 5.05. The lowest BCUT2D eigenvalue weighted by Gasteiger charge is -2.46. The van der Waals surface area contributed by atoms with Crippen molar-refractivity contribution in [2.24, 2.45) is 5.92 Å². The van der Waals surface area contributed by atoms with Crippen molar-refractivity contribution in [2.75, 3.05) is 33.2 Å². The molecule has 0 amide bonds. The highest BCUT2D eigenvalue weighted by atomic mass is 15.3. The molecule has 16 heavy (non-hydrogen) atoms. The van der Waals surface area contributed by atoms with Gasteiger partial charge in [-0.1, -0.05) is 26.7 Å². The highest BCUT2D eigenvalue weighted by Crippen LogP contribution is 2.40. The molecule has 1 aliphatic carbocycles. The number of hydrogen-bond acceptors (Lipinski definition) is 2. The topological polar surface area (TPSA) is 6.48 Å². The van der Waals surface area contributed by atoms with Gasteiger partial charge in [0.05, 0.1) is 0 Å². The summed E-state index contributed by atoms with van der Waals surface area (Å²) < 4.78 is 0. The lowest BCUT2D eigenvalue weighted by Crippen LogP contribution is -2.55. The molecule has 0 unspecified atom stereocenters. The Morgan fingerprint density at radius 2 is 1.56 bits per heavy atom. The first-order valence-corrected chi connectivity index (χ1v) is 7.06. The van der Waals surface area contributed by atoms with E-state index in [1.807, 2.05) is 0 Å². The third-order valence-electron chi connectivity index (χ3n) is 4.50. The van der Waals surface area contributed by atoms with Crippen LogP contribution < -0.4 is 0 Å². The first-order valence-electron chi connectivity index (χ1n) is 7.06. The summed E-state index contributed by atoms with van der Waals surface area (Å²) in [5.74, 6) is 0.845. The fraction of sp³-hybridized carbons (Fsp3) is 1.00. The lowest BCUT2D eigenvalue weighted by molar-refractivity contribution is 0.0290. The Morgan fingerprint density at radius 3 is 2.06 bits per heavy atom. The second-order valence-electron chi connectivity index (χ2n) is 6.32. The zero-order valence-corrected chi connectivity index (χ0v) is 11.3. The molecule has 2 aliphatic rings. The molecular weight excluding hydrogens is 196 g/mol. The number of likely N-dealkylation sites (N-methyl/N-ethyl adjacent to an activating group) is 1. The van der Waals surface area contributed by atoms with Crippen LogP contribution in [0.15, 0.2) is 0 Å². The maximum absolute atomic E-state index is 2.82. The molecule has 0 aromatic rings. The van der Waals surface area contributed by atoms with Crippen LogP contribution >= 0.6 is 0 Å². The summed E-state index contributed by atoms with van der Waals surface area (Å²) in [6, 6.07) is 0. The fourth-order valence-corrected chi connectivity index (χ4v) is 3.72. The van der Waals surface area contributed by atoms with Crippen molar-refractivity contribution >= 4 is 0 Å². The molecule has 1 aliphatic heterocycles. The van der Waals surface area contributed by atoms with Crippen molar-refractivity contribution in [3.8, 4) is 0 Å². The predicted octanol–water partition coefficient (Wildman–Crippen LogP) is 2.59. The van der Waals surface area contributed by atoms with Crippen LogP contribution in [0.5, 0.6) is 0 Å². The average molecular weight is 224 g/mol. The van der Waals surface area contributed by atoms with Gasteiger partial charge in [-0.2, -0.15) is 0 Å². The van der Waals surface area contributed by atoms with Gasteiger partial charge in [0.1, 0.15) is 0 Å². The molecule has 0 atom stereocenters. The van der Waals surface area contributed by atoms with E-state index in [-0.39, 0.29) is 0 Å². The molecule has 1 saturated heterocycles. The zero-order valence-electron chi connectivity index (χ0n) is 11.3. The minimum Gasteiger partial charge on any atom is -0.304 e. The van der Waals surface area contributed by atoms with Crippen molar-refractivity contribution in [1.82, 2.24) is 9.80 Å². The van der Waals surface area contributed by atoms with E-state index in [9.17, 15) is 0 Å². The van der Waals surface area contributed by atoms with Crippen LogP contribution in [0.4, 0.5) is 0 Å². The van der Waals surface area contributed by atoms with Gasteiger partial charge < -0.3 is 4.90 Å². The molecule has 2 heteroatoms. The summed E-state index contributed by atoms with van der Waals surface area (Å²) in [5.41, 5.74) is 0.579. The molecule has 94 valence electrons. The van der Waals surface area contributed by atoms with Gasteiger partial charge in [-0.25, -0.2) is 0 Å². The normalized spacial score (nSPS) is 27.8. The van der Waals surface area contributed by atoms with Crippen LogP contribution in [0.1, 0.15) is 46.0 Å². The monoisotopic (exact) mass is 224 g/mol. The van der Waals surface area contributed by atoms with Gasteiger partial charge in [0.25, 0.3) is 0 Å². The summed E-state index contributed by atoms with van der Waals surface area (Å²) >= 11 is 0. The molecule has 0 aromatic carbocycles. The van der Waals surface area contributed by atoms with Crippen molar-refractivity contribution in [3.05, 3.63) is 0 Å². The highest BCUT2D eigenvalue weighted by Gasteiger charge is 2.40.